The molecular formula is C21H18F2INO4. The van der Waals surface area contributed by atoms with Crippen molar-refractivity contribution in [2.75, 3.05) is 17.6 Å². The number of ether oxygens (including phenoxy) is 2. The van der Waals surface area contributed by atoms with E-state index in [1.54, 1.807) is 0 Å². The Bertz CT molecular complexity index is 942. The quantitative estimate of drug-likeness (QED) is 0.451. The summed E-state index contributed by atoms with van der Waals surface area (Å²) < 4.78 is 39.1. The minimum atomic E-state index is -1.05. The van der Waals surface area contributed by atoms with Crippen LogP contribution in [0.4, 0.5) is 13.6 Å². The molecule has 4 rings (SSSR count). The monoisotopic (exact) mass is 513 g/mol. The molecule has 8 heteroatoms. The topological polar surface area (TPSA) is 55.8 Å². The van der Waals surface area contributed by atoms with Gasteiger partial charge in [-0.2, -0.15) is 0 Å². The Labute approximate surface area is 180 Å². The predicted molar refractivity (Wildman–Crippen MR) is 108 cm³/mol. The molecule has 2 aromatic carbocycles. The number of benzene rings is 2. The first-order valence-corrected chi connectivity index (χ1v) is 10.7. The Hall–Kier alpha value is -2.07. The highest BCUT2D eigenvalue weighted by molar-refractivity contribution is 14.1. The lowest BCUT2D eigenvalue weighted by Crippen LogP contribution is -2.39. The van der Waals surface area contributed by atoms with E-state index in [-0.39, 0.29) is 25.2 Å². The first-order valence-electron chi connectivity index (χ1n) is 9.15. The molecule has 1 unspecified atom stereocenters. The fourth-order valence-electron chi connectivity index (χ4n) is 3.93. The van der Waals surface area contributed by atoms with Crippen molar-refractivity contribution < 1.29 is 27.8 Å². The van der Waals surface area contributed by atoms with E-state index in [4.69, 9.17) is 9.47 Å². The molecular weight excluding hydrogens is 495 g/mol. The second kappa shape index (κ2) is 7.98. The summed E-state index contributed by atoms with van der Waals surface area (Å²) in [6.45, 7) is 0.135. The number of carbonyl (C=O) groups excluding carboxylic acids is 2. The molecule has 0 spiro atoms. The zero-order chi connectivity index (χ0) is 20.6. The standard InChI is InChI=1S/C21H18F2INO4/c22-15-6-7-16(17(23)8-15)21(12-24)9-14(10-29-21)19(26)25-18(11-28-20(25)27)13-4-2-1-3-5-13/h1-8,14,18H,9-12H2/t14-,18?,21-/m0/s1. The number of hydrogen-bond acceptors (Lipinski definition) is 4. The van der Waals surface area contributed by atoms with Crippen LogP contribution in [-0.2, 0) is 19.9 Å². The predicted octanol–water partition coefficient (Wildman–Crippen LogP) is 4.35. The van der Waals surface area contributed by atoms with Gasteiger partial charge in [0.2, 0.25) is 5.91 Å². The van der Waals surface area contributed by atoms with Crippen LogP contribution >= 0.6 is 22.6 Å². The van der Waals surface area contributed by atoms with Gasteiger partial charge < -0.3 is 9.47 Å². The summed E-state index contributed by atoms with van der Waals surface area (Å²) in [5, 5.41) is 0. The lowest BCUT2D eigenvalue weighted by molar-refractivity contribution is -0.133. The van der Waals surface area contributed by atoms with Crippen molar-refractivity contribution in [1.82, 2.24) is 4.90 Å². The van der Waals surface area contributed by atoms with Crippen molar-refractivity contribution in [3.8, 4) is 0 Å². The zero-order valence-corrected chi connectivity index (χ0v) is 17.5. The second-order valence-electron chi connectivity index (χ2n) is 7.18. The van der Waals surface area contributed by atoms with Crippen molar-refractivity contribution in [1.29, 1.82) is 0 Å². The average molecular weight is 513 g/mol. The average Bonchev–Trinajstić information content (AvgIpc) is 3.33. The zero-order valence-electron chi connectivity index (χ0n) is 15.3. The van der Waals surface area contributed by atoms with Crippen LogP contribution in [0.15, 0.2) is 48.5 Å². The number of hydrogen-bond donors (Lipinski definition) is 0. The van der Waals surface area contributed by atoms with Crippen LogP contribution in [0.1, 0.15) is 23.6 Å². The maximum atomic E-state index is 14.4. The maximum absolute atomic E-state index is 14.4. The van der Waals surface area contributed by atoms with Gasteiger partial charge in [0, 0.05) is 16.1 Å². The molecule has 2 fully saturated rings. The van der Waals surface area contributed by atoms with Gasteiger partial charge >= 0.3 is 6.09 Å². The molecule has 2 aliphatic rings. The van der Waals surface area contributed by atoms with Crippen LogP contribution in [0.3, 0.4) is 0 Å². The number of nitrogens with zero attached hydrogens (tertiary/aromatic N) is 1. The van der Waals surface area contributed by atoms with E-state index in [1.165, 1.54) is 12.1 Å². The summed E-state index contributed by atoms with van der Waals surface area (Å²) in [5.41, 5.74) is -0.0348. The third-order valence-corrected chi connectivity index (χ3v) is 6.65. The van der Waals surface area contributed by atoms with Crippen LogP contribution in [0.25, 0.3) is 0 Å². The third-order valence-electron chi connectivity index (χ3n) is 5.42. The molecule has 2 aliphatic heterocycles. The molecule has 5 nitrogen and oxygen atoms in total. The van der Waals surface area contributed by atoms with E-state index < -0.39 is 41.2 Å². The number of imide groups is 1. The molecule has 0 aromatic heterocycles. The molecule has 152 valence electrons. The number of alkyl halides is 1. The Morgan fingerprint density at radius 1 is 1.17 bits per heavy atom. The molecule has 0 bridgehead atoms. The van der Waals surface area contributed by atoms with Gasteiger partial charge in [-0.3, -0.25) is 4.79 Å². The van der Waals surface area contributed by atoms with Crippen LogP contribution in [0, 0.1) is 17.6 Å². The van der Waals surface area contributed by atoms with E-state index in [0.29, 0.717) is 4.43 Å². The van der Waals surface area contributed by atoms with Gasteiger partial charge in [0.25, 0.3) is 0 Å². The van der Waals surface area contributed by atoms with Crippen LogP contribution in [0.2, 0.25) is 0 Å². The minimum absolute atomic E-state index is 0.0456. The number of carbonyl (C=O) groups is 2. The third kappa shape index (κ3) is 3.63. The Morgan fingerprint density at radius 3 is 2.62 bits per heavy atom. The lowest BCUT2D eigenvalue weighted by Gasteiger charge is -2.27. The van der Waals surface area contributed by atoms with E-state index in [2.05, 4.69) is 22.6 Å². The molecule has 0 radical (unpaired) electrons. The van der Waals surface area contributed by atoms with Crippen LogP contribution in [-0.4, -0.2) is 34.5 Å². The number of halogens is 3. The summed E-state index contributed by atoms with van der Waals surface area (Å²) in [7, 11) is 0. The fraction of sp³-hybridized carbons (Fsp3) is 0.333. The van der Waals surface area contributed by atoms with E-state index in [9.17, 15) is 18.4 Å². The Kier molecular flexibility index (Phi) is 5.56. The Balaban J connectivity index is 1.59. The summed E-state index contributed by atoms with van der Waals surface area (Å²) in [5.74, 6) is -2.43. The largest absolute Gasteiger partial charge is 0.446 e. The maximum Gasteiger partial charge on any atom is 0.417 e. The molecule has 2 heterocycles. The molecule has 2 saturated heterocycles. The number of cyclic esters (lactones) is 1. The number of rotatable bonds is 4. The highest BCUT2D eigenvalue weighted by Gasteiger charge is 2.49. The first kappa shape index (κ1) is 20.2. The second-order valence-corrected chi connectivity index (χ2v) is 7.94. The van der Waals surface area contributed by atoms with Gasteiger partial charge in [0.05, 0.1) is 12.5 Å². The molecule has 0 aliphatic carbocycles. The van der Waals surface area contributed by atoms with E-state index in [1.807, 2.05) is 30.3 Å². The molecule has 0 N–H and O–H groups in total. The van der Waals surface area contributed by atoms with Crippen LogP contribution in [0.5, 0.6) is 0 Å². The lowest BCUT2D eigenvalue weighted by atomic mass is 9.88. The molecule has 2 aromatic rings. The van der Waals surface area contributed by atoms with Crippen molar-refractivity contribution in [3.05, 3.63) is 71.3 Å². The van der Waals surface area contributed by atoms with Gasteiger partial charge in [-0.05, 0) is 18.1 Å². The molecule has 0 saturated carbocycles. The smallest absolute Gasteiger partial charge is 0.417 e. The summed E-state index contributed by atoms with van der Waals surface area (Å²) in [4.78, 5) is 26.6. The van der Waals surface area contributed by atoms with Gasteiger partial charge in [0.1, 0.15) is 29.9 Å². The minimum Gasteiger partial charge on any atom is -0.446 e. The van der Waals surface area contributed by atoms with Gasteiger partial charge in [-0.15, -0.1) is 0 Å². The molecule has 29 heavy (non-hydrogen) atoms. The Morgan fingerprint density at radius 2 is 1.93 bits per heavy atom. The van der Waals surface area contributed by atoms with Crippen molar-refractivity contribution >= 4 is 34.6 Å². The van der Waals surface area contributed by atoms with E-state index >= 15 is 0 Å². The SMILES string of the molecule is O=C1OCC(c2ccccc2)N1C(=O)[C@@H]1CO[C@@](CI)(c2ccc(F)cc2F)C1. The highest BCUT2D eigenvalue weighted by atomic mass is 127. The van der Waals surface area contributed by atoms with Gasteiger partial charge in [-0.1, -0.05) is 59.0 Å². The molecule has 2 amide bonds. The number of amides is 2. The molecule has 3 atom stereocenters. The van der Waals surface area contributed by atoms with Gasteiger partial charge in [-0.25, -0.2) is 18.5 Å². The van der Waals surface area contributed by atoms with Crippen molar-refractivity contribution in [2.24, 2.45) is 5.92 Å². The van der Waals surface area contributed by atoms with Crippen molar-refractivity contribution in [2.45, 2.75) is 18.1 Å². The summed E-state index contributed by atoms with van der Waals surface area (Å²) in [6, 6.07) is 12.0. The fourth-order valence-corrected chi connectivity index (χ4v) is 4.87. The van der Waals surface area contributed by atoms with Gasteiger partial charge in [0.15, 0.2) is 0 Å². The normalized spacial score (nSPS) is 26.6. The first-order chi connectivity index (χ1) is 13.9. The van der Waals surface area contributed by atoms with Crippen molar-refractivity contribution in [3.63, 3.8) is 0 Å². The summed E-state index contributed by atoms with van der Waals surface area (Å²) >= 11 is 2.07. The van der Waals surface area contributed by atoms with Crippen LogP contribution < -0.4 is 0 Å². The highest BCUT2D eigenvalue weighted by Crippen LogP contribution is 2.43. The van der Waals surface area contributed by atoms with E-state index in [0.717, 1.165) is 16.5 Å². The summed E-state index contributed by atoms with van der Waals surface area (Å²) in [6.07, 6.45) is -0.494.